The molecule has 0 spiro atoms. The molecule has 0 saturated carbocycles. The molecule has 0 aliphatic carbocycles. The minimum atomic E-state index is -0.372. The maximum atomic E-state index is 13.4. The van der Waals surface area contributed by atoms with Gasteiger partial charge in [-0.3, -0.25) is 0 Å². The normalized spacial score (nSPS) is 16.1. The van der Waals surface area contributed by atoms with Crippen molar-refractivity contribution in [2.75, 3.05) is 0 Å². The van der Waals surface area contributed by atoms with E-state index in [1.165, 1.54) is 24.3 Å². The van der Waals surface area contributed by atoms with Gasteiger partial charge in [0.1, 0.15) is 17.7 Å². The number of aromatic nitrogens is 4. The lowest BCUT2D eigenvalue weighted by molar-refractivity contribution is 0.00326. The van der Waals surface area contributed by atoms with Gasteiger partial charge in [0.05, 0.1) is 25.2 Å². The largest absolute Gasteiger partial charge is 0.365 e. The molecule has 4 aromatic rings. The van der Waals surface area contributed by atoms with E-state index in [0.717, 1.165) is 11.3 Å². The Kier molecular flexibility index (Phi) is 3.98. The summed E-state index contributed by atoms with van der Waals surface area (Å²) >= 11 is 0. The quantitative estimate of drug-likeness (QED) is 0.534. The van der Waals surface area contributed by atoms with Crippen LogP contribution in [0, 0.1) is 11.6 Å². The van der Waals surface area contributed by atoms with Crippen molar-refractivity contribution in [1.82, 2.24) is 19.7 Å². The van der Waals surface area contributed by atoms with Crippen LogP contribution in [0.4, 0.5) is 8.78 Å². The molecule has 8 heteroatoms. The van der Waals surface area contributed by atoms with Gasteiger partial charge in [0.2, 0.25) is 5.82 Å². The van der Waals surface area contributed by atoms with Crippen LogP contribution in [0.25, 0.3) is 23.0 Å². The first-order valence-corrected chi connectivity index (χ1v) is 8.68. The third kappa shape index (κ3) is 2.97. The van der Waals surface area contributed by atoms with Crippen LogP contribution >= 0.6 is 0 Å². The molecule has 1 aliphatic rings. The van der Waals surface area contributed by atoms with Gasteiger partial charge in [-0.05, 0) is 29.8 Å². The average molecular weight is 380 g/mol. The topological polar surface area (TPSA) is 66.0 Å². The summed E-state index contributed by atoms with van der Waals surface area (Å²) < 4.78 is 39.8. The van der Waals surface area contributed by atoms with Crippen molar-refractivity contribution in [3.63, 3.8) is 0 Å². The monoisotopic (exact) mass is 380 g/mol. The summed E-state index contributed by atoms with van der Waals surface area (Å²) in [5.41, 5.74) is 2.77. The summed E-state index contributed by atoms with van der Waals surface area (Å²) in [7, 11) is 0. The fourth-order valence-corrected chi connectivity index (χ4v) is 3.25. The summed E-state index contributed by atoms with van der Waals surface area (Å²) in [5, 5.41) is 3.92. The van der Waals surface area contributed by atoms with Gasteiger partial charge < -0.3 is 13.8 Å². The second kappa shape index (κ2) is 6.65. The highest BCUT2D eigenvalue weighted by Crippen LogP contribution is 2.32. The number of rotatable bonds is 3. The van der Waals surface area contributed by atoms with Gasteiger partial charge in [0.15, 0.2) is 5.69 Å². The molecule has 1 atom stereocenters. The van der Waals surface area contributed by atoms with Gasteiger partial charge in [-0.15, -0.1) is 0 Å². The van der Waals surface area contributed by atoms with Gasteiger partial charge in [-0.1, -0.05) is 29.4 Å². The number of nitrogens with zero attached hydrogens (tertiary/aromatic N) is 4. The van der Waals surface area contributed by atoms with E-state index < -0.39 is 0 Å². The Morgan fingerprint density at radius 3 is 2.71 bits per heavy atom. The number of ether oxygens (including phenoxy) is 1. The molecule has 0 fully saturated rings. The molecular formula is C20H14F2N4O2. The van der Waals surface area contributed by atoms with Crippen molar-refractivity contribution in [2.24, 2.45) is 0 Å². The first-order valence-electron chi connectivity index (χ1n) is 8.68. The van der Waals surface area contributed by atoms with Crippen LogP contribution < -0.4 is 0 Å². The van der Waals surface area contributed by atoms with E-state index in [0.29, 0.717) is 24.4 Å². The van der Waals surface area contributed by atoms with E-state index in [2.05, 4.69) is 15.1 Å². The van der Waals surface area contributed by atoms with Crippen molar-refractivity contribution in [2.45, 2.75) is 19.3 Å². The second-order valence-electron chi connectivity index (χ2n) is 6.48. The molecule has 0 bridgehead atoms. The maximum absolute atomic E-state index is 13.4. The number of hydrogen-bond acceptors (Lipinski definition) is 5. The molecule has 140 valence electrons. The molecule has 6 nitrogen and oxygen atoms in total. The minimum absolute atomic E-state index is 0.194. The fourth-order valence-electron chi connectivity index (χ4n) is 3.25. The fraction of sp³-hybridized carbons (Fsp3) is 0.150. The van der Waals surface area contributed by atoms with Crippen LogP contribution in [0.5, 0.6) is 0 Å². The van der Waals surface area contributed by atoms with Gasteiger partial charge in [-0.25, -0.2) is 13.8 Å². The van der Waals surface area contributed by atoms with Crippen LogP contribution in [0.1, 0.15) is 17.4 Å². The van der Waals surface area contributed by atoms with Gasteiger partial charge in [0.25, 0.3) is 5.89 Å². The van der Waals surface area contributed by atoms with E-state index in [4.69, 9.17) is 9.26 Å². The van der Waals surface area contributed by atoms with E-state index >= 15 is 0 Å². The van der Waals surface area contributed by atoms with Crippen LogP contribution in [-0.2, 0) is 17.9 Å². The molecule has 0 unspecified atom stereocenters. The lowest BCUT2D eigenvalue weighted by Crippen LogP contribution is -2.20. The number of fused-ring (bicyclic) bond motifs is 1. The number of imidazole rings is 1. The van der Waals surface area contributed by atoms with Crippen molar-refractivity contribution >= 4 is 0 Å². The maximum Gasteiger partial charge on any atom is 0.278 e. The smallest absolute Gasteiger partial charge is 0.278 e. The predicted octanol–water partition coefficient (Wildman–Crippen LogP) is 4.15. The van der Waals surface area contributed by atoms with E-state index in [1.807, 2.05) is 4.57 Å². The first-order chi connectivity index (χ1) is 13.7. The summed E-state index contributed by atoms with van der Waals surface area (Å²) in [4.78, 5) is 8.73. The zero-order valence-electron chi connectivity index (χ0n) is 14.5. The molecular weight excluding hydrogens is 366 g/mol. The Morgan fingerprint density at radius 1 is 1.04 bits per heavy atom. The Morgan fingerprint density at radius 2 is 1.89 bits per heavy atom. The molecule has 28 heavy (non-hydrogen) atoms. The third-order valence-corrected chi connectivity index (χ3v) is 4.68. The van der Waals surface area contributed by atoms with Crippen molar-refractivity contribution in [3.8, 4) is 23.0 Å². The van der Waals surface area contributed by atoms with Crippen molar-refractivity contribution in [1.29, 1.82) is 0 Å². The lowest BCUT2D eigenvalue weighted by Gasteiger charge is -2.25. The highest BCUT2D eigenvalue weighted by Gasteiger charge is 2.26. The Bertz CT molecular complexity index is 1140. The zero-order valence-corrected chi connectivity index (χ0v) is 14.5. The van der Waals surface area contributed by atoms with Crippen LogP contribution in [0.2, 0.25) is 0 Å². The van der Waals surface area contributed by atoms with E-state index in [-0.39, 0.29) is 29.5 Å². The zero-order chi connectivity index (χ0) is 19.1. The summed E-state index contributed by atoms with van der Waals surface area (Å²) in [6, 6.07) is 12.2. The highest BCUT2D eigenvalue weighted by molar-refractivity contribution is 5.59. The average Bonchev–Trinajstić information content (AvgIpc) is 3.35. The van der Waals surface area contributed by atoms with Crippen molar-refractivity contribution in [3.05, 3.63) is 77.8 Å². The molecule has 1 aliphatic heterocycles. The number of benzene rings is 2. The summed E-state index contributed by atoms with van der Waals surface area (Å²) in [5.74, 6) is -0.117. The number of hydrogen-bond donors (Lipinski definition) is 0. The summed E-state index contributed by atoms with van der Waals surface area (Å²) in [6.45, 7) is 0.841. The molecule has 2 aromatic carbocycles. The predicted molar refractivity (Wildman–Crippen MR) is 94.8 cm³/mol. The Balaban J connectivity index is 1.42. The minimum Gasteiger partial charge on any atom is -0.365 e. The van der Waals surface area contributed by atoms with Gasteiger partial charge >= 0.3 is 0 Å². The molecule has 0 saturated heterocycles. The number of halogens is 2. The lowest BCUT2D eigenvalue weighted by atomic mass is 10.1. The molecule has 0 N–H and O–H groups in total. The van der Waals surface area contributed by atoms with E-state index in [1.54, 1.807) is 30.6 Å². The Hall–Kier alpha value is -3.39. The highest BCUT2D eigenvalue weighted by atomic mass is 19.1. The SMILES string of the molecule is Fc1ccc([C@@H]2Cn3cnc(-c4nc(-c5cccc(F)c5)no4)c3CO2)cc1. The Labute approximate surface area is 158 Å². The van der Waals surface area contributed by atoms with Crippen molar-refractivity contribution < 1.29 is 18.0 Å². The van der Waals surface area contributed by atoms with Crippen LogP contribution in [0.15, 0.2) is 59.4 Å². The molecule has 5 rings (SSSR count). The van der Waals surface area contributed by atoms with E-state index in [9.17, 15) is 8.78 Å². The van der Waals surface area contributed by atoms with Crippen LogP contribution in [0.3, 0.4) is 0 Å². The first kappa shape index (κ1) is 16.8. The molecule has 3 heterocycles. The molecule has 0 radical (unpaired) electrons. The van der Waals surface area contributed by atoms with Gasteiger partial charge in [-0.2, -0.15) is 4.98 Å². The van der Waals surface area contributed by atoms with Crippen LogP contribution in [-0.4, -0.2) is 19.7 Å². The summed E-state index contributed by atoms with van der Waals surface area (Å²) in [6.07, 6.45) is 1.50. The molecule has 2 aromatic heterocycles. The van der Waals surface area contributed by atoms with Gasteiger partial charge in [0, 0.05) is 5.56 Å². The second-order valence-corrected chi connectivity index (χ2v) is 6.48. The third-order valence-electron chi connectivity index (χ3n) is 4.68. The molecule has 0 amide bonds. The standard InChI is InChI=1S/C20H14F2N4O2/c21-14-6-4-12(5-7-14)17-9-26-11-23-18(16(26)10-27-17)20-24-19(25-28-20)13-2-1-3-15(22)8-13/h1-8,11,17H,9-10H2/t17-/m0/s1.